The molecule has 4 nitrogen and oxygen atoms in total. The van der Waals surface area contributed by atoms with E-state index in [2.05, 4.69) is 6.92 Å². The molecule has 0 aromatic rings. The molecule has 0 aliphatic heterocycles. The van der Waals surface area contributed by atoms with E-state index in [1.165, 1.54) is 13.8 Å². The van der Waals surface area contributed by atoms with E-state index < -0.39 is 18.2 Å². The third kappa shape index (κ3) is 6.22. The Morgan fingerprint density at radius 2 is 1.62 bits per heavy atom. The second-order valence-electron chi connectivity index (χ2n) is 3.47. The fourth-order valence-electron chi connectivity index (χ4n) is 1.21. The molecule has 0 spiro atoms. The van der Waals surface area contributed by atoms with Crippen molar-refractivity contribution >= 4 is 11.9 Å². The highest BCUT2D eigenvalue weighted by Crippen LogP contribution is 2.15. The van der Waals surface area contributed by atoms with E-state index in [4.69, 9.17) is 9.47 Å². The van der Waals surface area contributed by atoms with Crippen LogP contribution in [0.4, 0.5) is 0 Å². The highest BCUT2D eigenvalue weighted by molar-refractivity contribution is 5.68. The summed E-state index contributed by atoms with van der Waals surface area (Å²) in [5, 5.41) is 0. The van der Waals surface area contributed by atoms with Crippen LogP contribution in [0.5, 0.6) is 0 Å². The van der Waals surface area contributed by atoms with Crippen LogP contribution in [0.2, 0.25) is 0 Å². The Balaban J connectivity index is 4.67. The largest absolute Gasteiger partial charge is 0.421 e. The molecule has 0 aliphatic rings. The van der Waals surface area contributed by atoms with Gasteiger partial charge in [-0.05, 0) is 12.8 Å². The number of carbonyl (C=O) groups excluding carboxylic acids is 2. The molecule has 92 valence electrons. The van der Waals surface area contributed by atoms with Crippen molar-refractivity contribution in [3.63, 3.8) is 0 Å². The van der Waals surface area contributed by atoms with Crippen LogP contribution in [-0.4, -0.2) is 18.2 Å². The predicted octanol–water partition coefficient (Wildman–Crippen LogP) is 2.58. The molecule has 0 unspecified atom stereocenters. The molecule has 0 saturated heterocycles. The number of allylic oxidation sites excluding steroid dienone is 1. The Morgan fingerprint density at radius 3 is 1.94 bits per heavy atom. The molecule has 0 aromatic heterocycles. The minimum absolute atomic E-state index is 0.456. The number of rotatable bonds is 6. The Hall–Kier alpha value is -1.32. The zero-order valence-corrected chi connectivity index (χ0v) is 10.4. The van der Waals surface area contributed by atoms with Gasteiger partial charge >= 0.3 is 11.9 Å². The SMILES string of the molecule is CCCC=C(CC)C(OC(C)=O)OC(C)=O. The van der Waals surface area contributed by atoms with Crippen LogP contribution < -0.4 is 0 Å². The van der Waals surface area contributed by atoms with E-state index in [9.17, 15) is 9.59 Å². The Morgan fingerprint density at radius 1 is 1.12 bits per heavy atom. The third-order valence-electron chi connectivity index (χ3n) is 1.95. The summed E-state index contributed by atoms with van der Waals surface area (Å²) >= 11 is 0. The maximum absolute atomic E-state index is 10.9. The fourth-order valence-corrected chi connectivity index (χ4v) is 1.21. The molecular weight excluding hydrogens is 208 g/mol. The minimum atomic E-state index is -0.869. The standard InChI is InChI=1S/C12H20O4/c1-5-7-8-11(6-2)12(15-9(3)13)16-10(4)14/h8,12H,5-7H2,1-4H3. The first-order valence-electron chi connectivity index (χ1n) is 5.54. The lowest BCUT2D eigenvalue weighted by Gasteiger charge is -2.18. The number of hydrogen-bond acceptors (Lipinski definition) is 4. The van der Waals surface area contributed by atoms with E-state index in [1.807, 2.05) is 13.0 Å². The number of unbranched alkanes of at least 4 members (excludes halogenated alkanes) is 1. The van der Waals surface area contributed by atoms with Gasteiger partial charge in [0, 0.05) is 19.4 Å². The van der Waals surface area contributed by atoms with Gasteiger partial charge in [0.25, 0.3) is 6.29 Å². The van der Waals surface area contributed by atoms with Gasteiger partial charge in [0.15, 0.2) is 0 Å². The van der Waals surface area contributed by atoms with E-state index in [0.29, 0.717) is 6.42 Å². The van der Waals surface area contributed by atoms with E-state index >= 15 is 0 Å². The van der Waals surface area contributed by atoms with Crippen LogP contribution in [0.3, 0.4) is 0 Å². The number of hydrogen-bond donors (Lipinski definition) is 0. The summed E-state index contributed by atoms with van der Waals surface area (Å²) in [5.74, 6) is -0.913. The van der Waals surface area contributed by atoms with Crippen LogP contribution in [-0.2, 0) is 19.1 Å². The second-order valence-corrected chi connectivity index (χ2v) is 3.47. The van der Waals surface area contributed by atoms with Crippen molar-refractivity contribution in [3.05, 3.63) is 11.6 Å². The Labute approximate surface area is 96.6 Å². The molecule has 0 heterocycles. The van der Waals surface area contributed by atoms with Crippen LogP contribution >= 0.6 is 0 Å². The summed E-state index contributed by atoms with van der Waals surface area (Å²) in [6, 6.07) is 0. The maximum atomic E-state index is 10.9. The van der Waals surface area contributed by atoms with Gasteiger partial charge in [-0.3, -0.25) is 9.59 Å². The van der Waals surface area contributed by atoms with E-state index in [1.54, 1.807) is 0 Å². The molecule has 0 saturated carbocycles. The summed E-state index contributed by atoms with van der Waals surface area (Å²) in [6.07, 6.45) is 3.65. The summed E-state index contributed by atoms with van der Waals surface area (Å²) in [7, 11) is 0. The molecule has 16 heavy (non-hydrogen) atoms. The highest BCUT2D eigenvalue weighted by atomic mass is 16.7. The van der Waals surface area contributed by atoms with E-state index in [0.717, 1.165) is 18.4 Å². The lowest BCUT2D eigenvalue weighted by atomic mass is 10.1. The first kappa shape index (κ1) is 14.7. The van der Waals surface area contributed by atoms with Gasteiger partial charge in [-0.15, -0.1) is 0 Å². The highest BCUT2D eigenvalue weighted by Gasteiger charge is 2.18. The molecule has 0 atom stereocenters. The van der Waals surface area contributed by atoms with Crippen LogP contribution in [0.15, 0.2) is 11.6 Å². The average Bonchev–Trinajstić information content (AvgIpc) is 2.16. The number of esters is 2. The molecule has 0 aromatic carbocycles. The molecule has 0 N–H and O–H groups in total. The Kier molecular flexibility index (Phi) is 7.25. The topological polar surface area (TPSA) is 52.6 Å². The summed E-state index contributed by atoms with van der Waals surface area (Å²) in [5.41, 5.74) is 0.826. The quantitative estimate of drug-likeness (QED) is 0.398. The van der Waals surface area contributed by atoms with Crippen LogP contribution in [0.1, 0.15) is 47.0 Å². The minimum Gasteiger partial charge on any atom is -0.421 e. The number of carbonyl (C=O) groups is 2. The van der Waals surface area contributed by atoms with Gasteiger partial charge < -0.3 is 9.47 Å². The van der Waals surface area contributed by atoms with Crippen molar-refractivity contribution in [3.8, 4) is 0 Å². The maximum Gasteiger partial charge on any atom is 0.305 e. The van der Waals surface area contributed by atoms with Crippen molar-refractivity contribution in [2.24, 2.45) is 0 Å². The normalized spacial score (nSPS) is 11.4. The summed E-state index contributed by atoms with van der Waals surface area (Å²) < 4.78 is 9.92. The predicted molar refractivity (Wildman–Crippen MR) is 60.6 cm³/mol. The fraction of sp³-hybridized carbons (Fsp3) is 0.667. The molecule has 0 fully saturated rings. The first-order chi connectivity index (χ1) is 7.51. The lowest BCUT2D eigenvalue weighted by Crippen LogP contribution is -2.24. The average molecular weight is 228 g/mol. The zero-order chi connectivity index (χ0) is 12.6. The van der Waals surface area contributed by atoms with Crippen molar-refractivity contribution in [2.75, 3.05) is 0 Å². The molecule has 0 rings (SSSR count). The zero-order valence-electron chi connectivity index (χ0n) is 10.4. The third-order valence-corrected chi connectivity index (χ3v) is 1.95. The first-order valence-corrected chi connectivity index (χ1v) is 5.54. The van der Waals surface area contributed by atoms with Crippen LogP contribution in [0.25, 0.3) is 0 Å². The van der Waals surface area contributed by atoms with Gasteiger partial charge in [0.05, 0.1) is 0 Å². The van der Waals surface area contributed by atoms with Gasteiger partial charge in [-0.1, -0.05) is 26.3 Å². The smallest absolute Gasteiger partial charge is 0.305 e. The lowest BCUT2D eigenvalue weighted by molar-refractivity contribution is -0.178. The van der Waals surface area contributed by atoms with Gasteiger partial charge in [0.2, 0.25) is 0 Å². The van der Waals surface area contributed by atoms with Gasteiger partial charge in [-0.25, -0.2) is 0 Å². The van der Waals surface area contributed by atoms with Gasteiger partial charge in [-0.2, -0.15) is 0 Å². The van der Waals surface area contributed by atoms with Gasteiger partial charge in [0.1, 0.15) is 0 Å². The van der Waals surface area contributed by atoms with Crippen LogP contribution in [0, 0.1) is 0 Å². The Bertz CT molecular complexity index is 252. The summed E-state index contributed by atoms with van der Waals surface area (Å²) in [4.78, 5) is 21.8. The van der Waals surface area contributed by atoms with Crippen molar-refractivity contribution in [1.82, 2.24) is 0 Å². The van der Waals surface area contributed by atoms with E-state index in [-0.39, 0.29) is 0 Å². The summed E-state index contributed by atoms with van der Waals surface area (Å²) in [6.45, 7) is 6.57. The molecular formula is C12H20O4. The monoisotopic (exact) mass is 228 g/mol. The van der Waals surface area contributed by atoms with Crippen molar-refractivity contribution < 1.29 is 19.1 Å². The molecule has 0 amide bonds. The molecule has 0 bridgehead atoms. The number of ether oxygens (including phenoxy) is 2. The molecule has 0 radical (unpaired) electrons. The second kappa shape index (κ2) is 7.91. The van der Waals surface area contributed by atoms with Crippen molar-refractivity contribution in [1.29, 1.82) is 0 Å². The van der Waals surface area contributed by atoms with Crippen molar-refractivity contribution in [2.45, 2.75) is 53.2 Å². The molecule has 4 heteroatoms. The molecule has 0 aliphatic carbocycles.